The van der Waals surface area contributed by atoms with Crippen molar-refractivity contribution in [1.82, 2.24) is 0 Å². The number of hydrogen-bond acceptors (Lipinski definition) is 4. The van der Waals surface area contributed by atoms with Crippen LogP contribution in [0.2, 0.25) is 0 Å². The summed E-state index contributed by atoms with van der Waals surface area (Å²) in [6, 6.07) is 17.0. The predicted octanol–water partition coefficient (Wildman–Crippen LogP) is -0.849. The van der Waals surface area contributed by atoms with Crippen molar-refractivity contribution in [3.05, 3.63) is 83.4 Å². The second-order valence-corrected chi connectivity index (χ2v) is 4.79. The van der Waals surface area contributed by atoms with E-state index < -0.39 is 11.9 Å². The summed E-state index contributed by atoms with van der Waals surface area (Å²) in [5, 5.41) is 27.6. The minimum Gasteiger partial charge on any atom is -0.857 e. The van der Waals surface area contributed by atoms with Crippen LogP contribution in [0.3, 0.4) is 0 Å². The second-order valence-electron chi connectivity index (χ2n) is 4.79. The molecule has 0 unspecified atom stereocenters. The number of carboxylic acids is 1. The summed E-state index contributed by atoms with van der Waals surface area (Å²) in [5.74, 6) is -1.94. The van der Waals surface area contributed by atoms with Crippen LogP contribution in [-0.2, 0) is 4.79 Å². The molecule has 2 aromatic carbocycles. The Bertz CT molecular complexity index is 767. The Labute approximate surface area is 152 Å². The summed E-state index contributed by atoms with van der Waals surface area (Å²) in [5.41, 5.74) is 3.29. The van der Waals surface area contributed by atoms with Crippen molar-refractivity contribution < 1.29 is 33.9 Å². The summed E-state index contributed by atoms with van der Waals surface area (Å²) >= 11 is 0. The molecule has 0 amide bonds. The van der Waals surface area contributed by atoms with E-state index in [0.29, 0.717) is 5.71 Å². The normalized spacial score (nSPS) is 12.0. The summed E-state index contributed by atoms with van der Waals surface area (Å²) in [7, 11) is 0. The average Bonchev–Trinajstić information content (AvgIpc) is 2.55. The molecule has 0 aliphatic heterocycles. The van der Waals surface area contributed by atoms with Crippen LogP contribution in [0.4, 0.5) is 0 Å². The Morgan fingerprint density at radius 3 is 2.12 bits per heavy atom. The molecule has 0 saturated carbocycles. The molecule has 0 aliphatic rings. The zero-order valence-corrected chi connectivity index (χ0v) is 13.5. The summed E-state index contributed by atoms with van der Waals surface area (Å²) in [6.07, 6.45) is 1.60. The molecule has 0 heterocycles. The molecule has 2 rings (SSSR count). The standard InChI is InChI=1S/C18H16N2O3.Li/c1-13-7-9-15(10-8-13)18(14-5-3-2-4-6-14)20-19-16(21)11-12-17(22)23;/h2-12H,1H3,(H,19,21)(H,22,23);/q;+1/p-1/b12-11-,20-18-;. The third-order valence-corrected chi connectivity index (χ3v) is 2.99. The van der Waals surface area contributed by atoms with E-state index >= 15 is 0 Å². The Morgan fingerprint density at radius 1 is 0.958 bits per heavy atom. The number of carboxylic acid groups (broad SMARTS) is 1. The molecular weight excluding hydrogens is 299 g/mol. The summed E-state index contributed by atoms with van der Waals surface area (Å²) < 4.78 is 0. The smallest absolute Gasteiger partial charge is 0.857 e. The van der Waals surface area contributed by atoms with Gasteiger partial charge in [-0.05, 0) is 13.0 Å². The molecule has 0 spiro atoms. The number of carbonyl (C=O) groups is 1. The molecule has 0 bridgehead atoms. The second kappa shape index (κ2) is 9.51. The van der Waals surface area contributed by atoms with E-state index in [1.54, 1.807) is 0 Å². The third-order valence-electron chi connectivity index (χ3n) is 2.99. The Kier molecular flexibility index (Phi) is 7.70. The van der Waals surface area contributed by atoms with Crippen LogP contribution in [0.25, 0.3) is 0 Å². The molecular formula is C18H15LiN2O3. The van der Waals surface area contributed by atoms with Crippen molar-refractivity contribution in [2.75, 3.05) is 0 Å². The predicted molar refractivity (Wildman–Crippen MR) is 87.5 cm³/mol. The maximum Gasteiger partial charge on any atom is 1.00 e. The van der Waals surface area contributed by atoms with E-state index in [2.05, 4.69) is 10.2 Å². The van der Waals surface area contributed by atoms with E-state index in [4.69, 9.17) is 5.11 Å². The van der Waals surface area contributed by atoms with Gasteiger partial charge in [-0.2, -0.15) is 10.2 Å². The van der Waals surface area contributed by atoms with Crippen LogP contribution in [0.5, 0.6) is 0 Å². The first-order valence-electron chi connectivity index (χ1n) is 6.92. The van der Waals surface area contributed by atoms with Crippen LogP contribution in [-0.4, -0.2) is 22.7 Å². The first-order chi connectivity index (χ1) is 11.1. The first-order valence-corrected chi connectivity index (χ1v) is 6.92. The average molecular weight is 314 g/mol. The Hall–Kier alpha value is -2.61. The molecule has 0 fully saturated rings. The monoisotopic (exact) mass is 314 g/mol. The van der Waals surface area contributed by atoms with Crippen LogP contribution in [0.1, 0.15) is 16.7 Å². The quantitative estimate of drug-likeness (QED) is 0.256. The fourth-order valence-corrected chi connectivity index (χ4v) is 1.86. The molecule has 1 N–H and O–H groups in total. The number of aliphatic carboxylic acids is 1. The van der Waals surface area contributed by atoms with Gasteiger partial charge in [0.05, 0.1) is 0 Å². The number of aryl methyl sites for hydroxylation is 1. The van der Waals surface area contributed by atoms with Gasteiger partial charge in [-0.15, -0.1) is 0 Å². The maximum atomic E-state index is 11.5. The fraction of sp³-hybridized carbons (Fsp3) is 0.0556. The van der Waals surface area contributed by atoms with E-state index in [0.717, 1.165) is 28.8 Å². The van der Waals surface area contributed by atoms with Gasteiger partial charge in [-0.1, -0.05) is 60.2 Å². The van der Waals surface area contributed by atoms with Gasteiger partial charge in [-0.3, -0.25) is 0 Å². The van der Waals surface area contributed by atoms with Gasteiger partial charge in [0.2, 0.25) is 0 Å². The molecule has 2 aromatic rings. The van der Waals surface area contributed by atoms with Gasteiger partial charge in [0, 0.05) is 23.1 Å². The number of rotatable bonds is 5. The molecule has 0 atom stereocenters. The molecule has 6 heteroatoms. The van der Waals surface area contributed by atoms with Crippen molar-refractivity contribution in [3.63, 3.8) is 0 Å². The number of benzene rings is 2. The zero-order chi connectivity index (χ0) is 16.7. The Morgan fingerprint density at radius 2 is 1.54 bits per heavy atom. The van der Waals surface area contributed by atoms with Gasteiger partial charge < -0.3 is 10.2 Å². The van der Waals surface area contributed by atoms with E-state index in [-0.39, 0.29) is 18.9 Å². The van der Waals surface area contributed by atoms with E-state index in [9.17, 15) is 9.90 Å². The van der Waals surface area contributed by atoms with Crippen molar-refractivity contribution in [1.29, 1.82) is 0 Å². The molecule has 116 valence electrons. The van der Waals surface area contributed by atoms with Crippen LogP contribution in [0.15, 0.2) is 77.0 Å². The fourth-order valence-electron chi connectivity index (χ4n) is 1.86. The van der Waals surface area contributed by atoms with Gasteiger partial charge in [0.15, 0.2) is 0 Å². The Balaban J connectivity index is 0.00000288. The molecule has 5 nitrogen and oxygen atoms in total. The number of nitrogens with zero attached hydrogens (tertiary/aromatic N) is 2. The molecule has 0 aliphatic carbocycles. The minimum absolute atomic E-state index is 0. The number of hydrogen-bond donors (Lipinski definition) is 1. The molecule has 24 heavy (non-hydrogen) atoms. The topological polar surface area (TPSA) is 85.1 Å². The van der Waals surface area contributed by atoms with Crippen molar-refractivity contribution in [2.24, 2.45) is 10.2 Å². The van der Waals surface area contributed by atoms with E-state index in [1.807, 2.05) is 61.5 Å². The minimum atomic E-state index is -1.21. The third kappa shape index (κ3) is 5.88. The molecule has 0 saturated heterocycles. The van der Waals surface area contributed by atoms with E-state index in [1.165, 1.54) is 0 Å². The van der Waals surface area contributed by atoms with Crippen LogP contribution in [0, 0.1) is 6.92 Å². The van der Waals surface area contributed by atoms with Crippen LogP contribution >= 0.6 is 0 Å². The SMILES string of the molecule is Cc1ccc(\C(=N/N=C([O-])\C=C/C(=O)O)c2ccccc2)cc1.[Li+]. The molecule has 0 radical (unpaired) electrons. The van der Waals surface area contributed by atoms with Crippen LogP contribution < -0.4 is 24.0 Å². The summed E-state index contributed by atoms with van der Waals surface area (Å²) in [4.78, 5) is 10.4. The van der Waals surface area contributed by atoms with Gasteiger partial charge in [0.1, 0.15) is 5.71 Å². The largest absolute Gasteiger partial charge is 1.00 e. The van der Waals surface area contributed by atoms with Gasteiger partial charge >= 0.3 is 24.8 Å². The maximum absolute atomic E-state index is 11.5. The first kappa shape index (κ1) is 19.4. The van der Waals surface area contributed by atoms with Crippen molar-refractivity contribution in [2.45, 2.75) is 6.92 Å². The van der Waals surface area contributed by atoms with Crippen molar-refractivity contribution >= 4 is 17.6 Å². The zero-order valence-electron chi connectivity index (χ0n) is 13.5. The van der Waals surface area contributed by atoms with Crippen molar-refractivity contribution in [3.8, 4) is 0 Å². The van der Waals surface area contributed by atoms with Gasteiger partial charge in [-0.25, -0.2) is 4.79 Å². The summed E-state index contributed by atoms with van der Waals surface area (Å²) in [6.45, 7) is 1.98. The molecule has 0 aromatic heterocycles. The van der Waals surface area contributed by atoms with Gasteiger partial charge in [0.25, 0.3) is 0 Å².